The summed E-state index contributed by atoms with van der Waals surface area (Å²) in [4.78, 5) is 0. The molecule has 0 fully saturated rings. The van der Waals surface area contributed by atoms with E-state index in [0.717, 1.165) is 25.7 Å². The van der Waals surface area contributed by atoms with E-state index in [-0.39, 0.29) is 5.41 Å². The molecule has 0 heterocycles. The Hall–Kier alpha value is -0.160. The molecular weight excluding hydrogens is 164 g/mol. The molecule has 0 aliphatic carbocycles. The topological polar surface area (TPSA) is 104 Å². The third kappa shape index (κ3) is 4.57. The summed E-state index contributed by atoms with van der Waals surface area (Å²) < 4.78 is 0. The summed E-state index contributed by atoms with van der Waals surface area (Å²) >= 11 is 0. The molecule has 0 saturated heterocycles. The first-order valence-electron chi connectivity index (χ1n) is 5.05. The Bertz CT molecular complexity index is 102. The van der Waals surface area contributed by atoms with Gasteiger partial charge in [-0.25, -0.2) is 0 Å². The van der Waals surface area contributed by atoms with Crippen LogP contribution >= 0.6 is 0 Å². The average molecular weight is 188 g/mol. The second-order valence-corrected chi connectivity index (χ2v) is 3.69. The number of hydrogen-bond donors (Lipinski definition) is 4. The smallest absolute Gasteiger partial charge is 0.000842 e. The fraction of sp³-hybridized carbons (Fsp3) is 1.00. The first-order chi connectivity index (χ1) is 6.24. The van der Waals surface area contributed by atoms with E-state index in [0.29, 0.717) is 26.2 Å². The minimum absolute atomic E-state index is 0.0821. The maximum absolute atomic E-state index is 5.74. The predicted molar refractivity (Wildman–Crippen MR) is 57.1 cm³/mol. The summed E-state index contributed by atoms with van der Waals surface area (Å²) in [5.41, 5.74) is 22.5. The minimum Gasteiger partial charge on any atom is -0.330 e. The van der Waals surface area contributed by atoms with Crippen molar-refractivity contribution in [2.45, 2.75) is 25.7 Å². The zero-order valence-electron chi connectivity index (χ0n) is 8.47. The van der Waals surface area contributed by atoms with Crippen molar-refractivity contribution in [2.24, 2.45) is 28.3 Å². The maximum atomic E-state index is 5.74. The molecule has 80 valence electrons. The van der Waals surface area contributed by atoms with Crippen molar-refractivity contribution in [1.29, 1.82) is 0 Å². The van der Waals surface area contributed by atoms with Crippen LogP contribution in [-0.2, 0) is 0 Å². The van der Waals surface area contributed by atoms with E-state index in [1.165, 1.54) is 0 Å². The Morgan fingerprint density at radius 1 is 0.692 bits per heavy atom. The maximum Gasteiger partial charge on any atom is -0.000842 e. The second kappa shape index (κ2) is 7.26. The van der Waals surface area contributed by atoms with Crippen LogP contribution in [0, 0.1) is 5.41 Å². The van der Waals surface area contributed by atoms with Gasteiger partial charge in [0, 0.05) is 0 Å². The molecule has 0 aromatic heterocycles. The van der Waals surface area contributed by atoms with Gasteiger partial charge in [0.2, 0.25) is 0 Å². The van der Waals surface area contributed by atoms with Gasteiger partial charge in [-0.1, -0.05) is 0 Å². The van der Waals surface area contributed by atoms with Gasteiger partial charge in [0.15, 0.2) is 0 Å². The molecule has 4 heteroatoms. The van der Waals surface area contributed by atoms with Gasteiger partial charge in [0.05, 0.1) is 0 Å². The first-order valence-corrected chi connectivity index (χ1v) is 5.05. The van der Waals surface area contributed by atoms with Gasteiger partial charge in [-0.2, -0.15) is 0 Å². The highest BCUT2D eigenvalue weighted by molar-refractivity contribution is 4.81. The molecule has 0 radical (unpaired) electrons. The van der Waals surface area contributed by atoms with E-state index in [2.05, 4.69) is 0 Å². The molecule has 0 saturated carbocycles. The van der Waals surface area contributed by atoms with Crippen LogP contribution in [0.1, 0.15) is 25.7 Å². The quantitative estimate of drug-likeness (QED) is 0.407. The molecule has 0 aromatic carbocycles. The van der Waals surface area contributed by atoms with E-state index in [4.69, 9.17) is 22.9 Å². The standard InChI is InChI=1S/C9H24N4/c10-5-1-3-9(7-12,8-13)4-2-6-11/h1-8,10-13H2. The molecule has 13 heavy (non-hydrogen) atoms. The van der Waals surface area contributed by atoms with E-state index in [1.807, 2.05) is 0 Å². The van der Waals surface area contributed by atoms with Gasteiger partial charge in [-0.05, 0) is 57.3 Å². The lowest BCUT2D eigenvalue weighted by Gasteiger charge is -2.31. The summed E-state index contributed by atoms with van der Waals surface area (Å²) in [5, 5.41) is 0. The molecule has 0 spiro atoms. The Balaban J connectivity index is 3.97. The van der Waals surface area contributed by atoms with Crippen molar-refractivity contribution in [3.8, 4) is 0 Å². The van der Waals surface area contributed by atoms with E-state index >= 15 is 0 Å². The molecule has 8 N–H and O–H groups in total. The van der Waals surface area contributed by atoms with Crippen LogP contribution in [0.5, 0.6) is 0 Å². The lowest BCUT2D eigenvalue weighted by atomic mass is 9.79. The normalized spacial score (nSPS) is 12.0. The largest absolute Gasteiger partial charge is 0.330 e. The van der Waals surface area contributed by atoms with Gasteiger partial charge in [-0.15, -0.1) is 0 Å². The number of nitrogens with two attached hydrogens (primary N) is 4. The van der Waals surface area contributed by atoms with Crippen LogP contribution in [0.2, 0.25) is 0 Å². The minimum atomic E-state index is 0.0821. The van der Waals surface area contributed by atoms with Crippen LogP contribution in [-0.4, -0.2) is 26.2 Å². The Kier molecular flexibility index (Phi) is 7.17. The third-order valence-corrected chi connectivity index (χ3v) is 2.69. The molecule has 0 aromatic rings. The average Bonchev–Trinajstić information content (AvgIpc) is 2.20. The molecule has 0 aliphatic heterocycles. The van der Waals surface area contributed by atoms with E-state index in [9.17, 15) is 0 Å². The van der Waals surface area contributed by atoms with Crippen LogP contribution in [0.4, 0.5) is 0 Å². The van der Waals surface area contributed by atoms with Crippen molar-refractivity contribution in [1.82, 2.24) is 0 Å². The van der Waals surface area contributed by atoms with Crippen molar-refractivity contribution in [3.63, 3.8) is 0 Å². The summed E-state index contributed by atoms with van der Waals surface area (Å²) in [6.45, 7) is 2.71. The van der Waals surface area contributed by atoms with Crippen molar-refractivity contribution < 1.29 is 0 Å². The van der Waals surface area contributed by atoms with Crippen molar-refractivity contribution in [2.75, 3.05) is 26.2 Å². The number of hydrogen-bond acceptors (Lipinski definition) is 4. The zero-order chi connectivity index (χ0) is 10.2. The first kappa shape index (κ1) is 12.8. The Morgan fingerprint density at radius 3 is 1.31 bits per heavy atom. The van der Waals surface area contributed by atoms with Crippen LogP contribution in [0.15, 0.2) is 0 Å². The van der Waals surface area contributed by atoms with Crippen LogP contribution < -0.4 is 22.9 Å². The SMILES string of the molecule is NCCCC(CN)(CN)CCCN. The number of rotatable bonds is 8. The Morgan fingerprint density at radius 2 is 1.08 bits per heavy atom. The fourth-order valence-electron chi connectivity index (χ4n) is 1.57. The highest BCUT2D eigenvalue weighted by Crippen LogP contribution is 2.26. The van der Waals surface area contributed by atoms with Gasteiger partial charge in [-0.3, -0.25) is 0 Å². The molecule has 0 atom stereocenters. The zero-order valence-corrected chi connectivity index (χ0v) is 8.47. The third-order valence-electron chi connectivity index (χ3n) is 2.69. The van der Waals surface area contributed by atoms with Crippen LogP contribution in [0.3, 0.4) is 0 Å². The van der Waals surface area contributed by atoms with Crippen LogP contribution in [0.25, 0.3) is 0 Å². The Labute approximate surface area is 81.0 Å². The highest BCUT2D eigenvalue weighted by atomic mass is 14.7. The van der Waals surface area contributed by atoms with Gasteiger partial charge < -0.3 is 22.9 Å². The van der Waals surface area contributed by atoms with E-state index in [1.54, 1.807) is 0 Å². The summed E-state index contributed by atoms with van der Waals surface area (Å²) in [6, 6.07) is 0. The summed E-state index contributed by atoms with van der Waals surface area (Å²) in [5.74, 6) is 0. The lowest BCUT2D eigenvalue weighted by Crippen LogP contribution is -2.38. The molecule has 0 rings (SSSR count). The molecule has 0 aliphatic rings. The molecule has 0 amide bonds. The summed E-state index contributed by atoms with van der Waals surface area (Å²) in [7, 11) is 0. The van der Waals surface area contributed by atoms with E-state index < -0.39 is 0 Å². The highest BCUT2D eigenvalue weighted by Gasteiger charge is 2.25. The molecular formula is C9H24N4. The second-order valence-electron chi connectivity index (χ2n) is 3.69. The predicted octanol–water partition coefficient (Wildman–Crippen LogP) is -0.632. The van der Waals surface area contributed by atoms with Gasteiger partial charge in [0.25, 0.3) is 0 Å². The van der Waals surface area contributed by atoms with Crippen molar-refractivity contribution in [3.05, 3.63) is 0 Å². The van der Waals surface area contributed by atoms with Crippen molar-refractivity contribution >= 4 is 0 Å². The molecule has 0 unspecified atom stereocenters. The molecule has 4 nitrogen and oxygen atoms in total. The fourth-order valence-corrected chi connectivity index (χ4v) is 1.57. The lowest BCUT2D eigenvalue weighted by molar-refractivity contribution is 0.250. The van der Waals surface area contributed by atoms with Gasteiger partial charge >= 0.3 is 0 Å². The summed E-state index contributed by atoms with van der Waals surface area (Å²) in [6.07, 6.45) is 4.05. The van der Waals surface area contributed by atoms with Gasteiger partial charge in [0.1, 0.15) is 0 Å². The molecule has 0 bridgehead atoms. The monoisotopic (exact) mass is 188 g/mol.